The van der Waals surface area contributed by atoms with Crippen molar-refractivity contribution in [3.05, 3.63) is 0 Å². The van der Waals surface area contributed by atoms with Gasteiger partial charge >= 0.3 is 0 Å². The quantitative estimate of drug-likeness (QED) is 0.250. The first-order valence-corrected chi connectivity index (χ1v) is 8.22. The molecule has 0 rings (SSSR count). The van der Waals surface area contributed by atoms with Gasteiger partial charge in [-0.15, -0.1) is 0 Å². The molecule has 142 valence electrons. The van der Waals surface area contributed by atoms with E-state index in [9.17, 15) is 0 Å². The fraction of sp³-hybridized carbons (Fsp3) is 1.00. The fourth-order valence-corrected chi connectivity index (χ4v) is 1.56. The van der Waals surface area contributed by atoms with Crippen LogP contribution in [0.5, 0.6) is 0 Å². The van der Waals surface area contributed by atoms with Crippen LogP contribution in [0.25, 0.3) is 0 Å². The Morgan fingerprint density at radius 3 is 1.00 bits per heavy atom. The molecule has 7 nitrogen and oxygen atoms in total. The summed E-state index contributed by atoms with van der Waals surface area (Å²) < 4.78 is 5.15. The van der Waals surface area contributed by atoms with Gasteiger partial charge in [0.05, 0.1) is 63.7 Å². The highest BCUT2D eigenvalue weighted by molar-refractivity contribution is 4.80. The highest BCUT2D eigenvalue weighted by Crippen LogP contribution is 2.19. The van der Waals surface area contributed by atoms with Crippen LogP contribution in [0, 0.1) is 10.8 Å². The summed E-state index contributed by atoms with van der Waals surface area (Å²) in [6, 6.07) is 0. The van der Waals surface area contributed by atoms with Crippen molar-refractivity contribution in [2.45, 2.75) is 39.5 Å². The molecule has 0 aliphatic heterocycles. The normalized spacial score (nSPS) is 12.0. The highest BCUT2D eigenvalue weighted by atomic mass is 16.5. The highest BCUT2D eigenvalue weighted by Gasteiger charge is 2.32. The minimum Gasteiger partial charge on any atom is -0.396 e. The maximum atomic E-state index is 9.03. The molecule has 0 aliphatic rings. The van der Waals surface area contributed by atoms with Crippen molar-refractivity contribution in [3.8, 4) is 0 Å². The standard InChI is InChI=1S/C10H22O7.C6H14/c11-1-9(2-12,3-13)7-17-8-10(4-14,5-15)6-16;1-3-5-6-4-2/h11-16H,1-8H2;3-6H2,1-2H3. The SMILES string of the molecule is CCCCCC.OCC(CO)(CO)COCC(CO)(CO)CO. The average molecular weight is 340 g/mol. The van der Waals surface area contributed by atoms with Gasteiger partial charge in [0.15, 0.2) is 0 Å². The third-order valence-corrected chi connectivity index (χ3v) is 3.79. The van der Waals surface area contributed by atoms with Crippen LogP contribution < -0.4 is 0 Å². The van der Waals surface area contributed by atoms with Crippen LogP contribution in [0.1, 0.15) is 39.5 Å². The molecule has 0 saturated carbocycles. The van der Waals surface area contributed by atoms with E-state index in [4.69, 9.17) is 35.4 Å². The predicted octanol–water partition coefficient (Wildman–Crippen LogP) is -0.484. The molecular formula is C16H36O7. The van der Waals surface area contributed by atoms with E-state index >= 15 is 0 Å². The van der Waals surface area contributed by atoms with Gasteiger partial charge in [-0.1, -0.05) is 39.5 Å². The molecular weight excluding hydrogens is 304 g/mol. The Morgan fingerprint density at radius 2 is 0.826 bits per heavy atom. The van der Waals surface area contributed by atoms with E-state index in [0.717, 1.165) is 0 Å². The lowest BCUT2D eigenvalue weighted by Crippen LogP contribution is -2.43. The Kier molecular flexibility index (Phi) is 16.6. The lowest BCUT2D eigenvalue weighted by atomic mass is 9.91. The molecule has 0 aromatic rings. The van der Waals surface area contributed by atoms with Crippen LogP contribution in [-0.4, -0.2) is 83.5 Å². The molecule has 0 atom stereocenters. The fourth-order valence-electron chi connectivity index (χ4n) is 1.56. The number of aliphatic hydroxyl groups is 6. The minimum atomic E-state index is -1.16. The third kappa shape index (κ3) is 10.2. The van der Waals surface area contributed by atoms with Crippen molar-refractivity contribution in [1.82, 2.24) is 0 Å². The van der Waals surface area contributed by atoms with E-state index in [1.807, 2.05) is 0 Å². The van der Waals surface area contributed by atoms with Gasteiger partial charge in [-0.3, -0.25) is 0 Å². The van der Waals surface area contributed by atoms with Crippen molar-refractivity contribution < 1.29 is 35.4 Å². The van der Waals surface area contributed by atoms with Crippen molar-refractivity contribution in [3.63, 3.8) is 0 Å². The molecule has 0 unspecified atom stereocenters. The number of hydrogen-bond acceptors (Lipinski definition) is 7. The number of hydrogen-bond donors (Lipinski definition) is 6. The predicted molar refractivity (Wildman–Crippen MR) is 88.0 cm³/mol. The number of unbranched alkanes of at least 4 members (excludes halogenated alkanes) is 3. The third-order valence-electron chi connectivity index (χ3n) is 3.79. The van der Waals surface area contributed by atoms with E-state index in [0.29, 0.717) is 0 Å². The van der Waals surface area contributed by atoms with Crippen LogP contribution in [0.15, 0.2) is 0 Å². The zero-order chi connectivity index (χ0) is 18.2. The molecule has 23 heavy (non-hydrogen) atoms. The number of aliphatic hydroxyl groups excluding tert-OH is 6. The molecule has 0 saturated heterocycles. The number of rotatable bonds is 13. The van der Waals surface area contributed by atoms with Crippen molar-refractivity contribution >= 4 is 0 Å². The summed E-state index contributed by atoms with van der Waals surface area (Å²) in [5, 5.41) is 54.2. The summed E-state index contributed by atoms with van der Waals surface area (Å²) in [5.41, 5.74) is -2.32. The largest absolute Gasteiger partial charge is 0.396 e. The Balaban J connectivity index is 0. The maximum absolute atomic E-state index is 9.03. The summed E-state index contributed by atoms with van der Waals surface area (Å²) in [6.45, 7) is 1.46. The van der Waals surface area contributed by atoms with Crippen LogP contribution in [-0.2, 0) is 4.74 Å². The Labute approximate surface area is 139 Å². The molecule has 0 bridgehead atoms. The first-order chi connectivity index (χ1) is 11.0. The second-order valence-corrected chi connectivity index (χ2v) is 6.15. The van der Waals surface area contributed by atoms with Crippen LogP contribution in [0.4, 0.5) is 0 Å². The molecule has 0 spiro atoms. The minimum absolute atomic E-state index is 0.141. The molecule has 6 N–H and O–H groups in total. The zero-order valence-corrected chi connectivity index (χ0v) is 14.6. The molecule has 0 aliphatic carbocycles. The number of ether oxygens (including phenoxy) is 1. The zero-order valence-electron chi connectivity index (χ0n) is 14.6. The summed E-state index contributed by atoms with van der Waals surface area (Å²) in [4.78, 5) is 0. The lowest BCUT2D eigenvalue weighted by molar-refractivity contribution is -0.103. The van der Waals surface area contributed by atoms with Gasteiger partial charge in [-0.2, -0.15) is 0 Å². The van der Waals surface area contributed by atoms with Gasteiger partial charge in [0.25, 0.3) is 0 Å². The average Bonchev–Trinajstić information content (AvgIpc) is 2.62. The second kappa shape index (κ2) is 15.3. The van der Waals surface area contributed by atoms with Crippen molar-refractivity contribution in [2.75, 3.05) is 52.9 Å². The van der Waals surface area contributed by atoms with Crippen molar-refractivity contribution in [2.24, 2.45) is 10.8 Å². The molecule has 0 radical (unpaired) electrons. The van der Waals surface area contributed by atoms with E-state index < -0.39 is 50.5 Å². The van der Waals surface area contributed by atoms with Gasteiger partial charge < -0.3 is 35.4 Å². The Hall–Kier alpha value is -0.280. The van der Waals surface area contributed by atoms with E-state index in [2.05, 4.69) is 13.8 Å². The van der Waals surface area contributed by atoms with E-state index in [1.165, 1.54) is 25.7 Å². The van der Waals surface area contributed by atoms with Gasteiger partial charge in [0.2, 0.25) is 0 Å². The van der Waals surface area contributed by atoms with Gasteiger partial charge in [-0.05, 0) is 0 Å². The molecule has 7 heteroatoms. The van der Waals surface area contributed by atoms with Crippen LogP contribution in [0.2, 0.25) is 0 Å². The van der Waals surface area contributed by atoms with E-state index in [1.54, 1.807) is 0 Å². The second-order valence-electron chi connectivity index (χ2n) is 6.15. The maximum Gasteiger partial charge on any atom is 0.0629 e. The first-order valence-electron chi connectivity index (χ1n) is 8.22. The summed E-state index contributed by atoms with van der Waals surface area (Å²) in [6.07, 6.45) is 5.54. The summed E-state index contributed by atoms with van der Waals surface area (Å²) >= 11 is 0. The Bertz CT molecular complexity index is 200. The molecule has 0 heterocycles. The smallest absolute Gasteiger partial charge is 0.0629 e. The van der Waals surface area contributed by atoms with Crippen molar-refractivity contribution in [1.29, 1.82) is 0 Å². The molecule has 0 aromatic carbocycles. The Morgan fingerprint density at radius 1 is 0.565 bits per heavy atom. The van der Waals surface area contributed by atoms with Gasteiger partial charge in [0, 0.05) is 0 Å². The molecule has 0 amide bonds. The summed E-state index contributed by atoms with van der Waals surface area (Å²) in [5.74, 6) is 0. The summed E-state index contributed by atoms with van der Waals surface area (Å²) in [7, 11) is 0. The van der Waals surface area contributed by atoms with Gasteiger partial charge in [-0.25, -0.2) is 0 Å². The van der Waals surface area contributed by atoms with E-state index in [-0.39, 0.29) is 13.2 Å². The molecule has 0 fully saturated rings. The monoisotopic (exact) mass is 340 g/mol. The first kappa shape index (κ1) is 25.0. The molecule has 0 aromatic heterocycles. The topological polar surface area (TPSA) is 131 Å². The lowest BCUT2D eigenvalue weighted by Gasteiger charge is -2.31. The van der Waals surface area contributed by atoms with Crippen LogP contribution >= 0.6 is 0 Å². The van der Waals surface area contributed by atoms with Gasteiger partial charge in [0.1, 0.15) is 0 Å². The van der Waals surface area contributed by atoms with Crippen LogP contribution in [0.3, 0.4) is 0 Å².